The van der Waals surface area contributed by atoms with Crippen LogP contribution >= 0.6 is 15.6 Å². The van der Waals surface area contributed by atoms with Crippen LogP contribution in [0.5, 0.6) is 0 Å². The molecule has 19 heteroatoms. The average Bonchev–Trinajstić information content (AvgIpc) is 0.902. The number of unbranched alkanes of at least 4 members (excludes halogenated alkanes) is 59. The molecule has 0 spiro atoms. The van der Waals surface area contributed by atoms with Gasteiger partial charge in [0.1, 0.15) is 19.3 Å². The molecule has 3 N–H and O–H groups in total. The summed E-state index contributed by atoms with van der Waals surface area (Å²) in [5, 5.41) is 10.7. The number of phosphoric acid groups is 2. The number of carbonyl (C=O) groups excluding carboxylic acids is 4. The summed E-state index contributed by atoms with van der Waals surface area (Å²) >= 11 is 0. The van der Waals surface area contributed by atoms with Gasteiger partial charge in [-0.25, -0.2) is 9.13 Å². The summed E-state index contributed by atoms with van der Waals surface area (Å²) in [6, 6.07) is 0. The molecule has 0 saturated heterocycles. The quantitative estimate of drug-likeness (QED) is 0.0222. The van der Waals surface area contributed by atoms with E-state index in [2.05, 4.69) is 34.6 Å². The van der Waals surface area contributed by atoms with Crippen molar-refractivity contribution in [2.75, 3.05) is 39.6 Å². The number of carbonyl (C=O) groups is 4. The molecular formula is C87H170O17P2. The molecule has 5 atom stereocenters. The fourth-order valence-corrected chi connectivity index (χ4v) is 15.2. The largest absolute Gasteiger partial charge is 0.472 e. The normalized spacial score (nSPS) is 13.7. The maximum atomic E-state index is 13.2. The maximum absolute atomic E-state index is 13.2. The van der Waals surface area contributed by atoms with Crippen LogP contribution in [-0.2, 0) is 65.4 Å². The molecule has 0 aromatic carbocycles. The molecule has 0 heterocycles. The molecule has 0 amide bonds. The summed E-state index contributed by atoms with van der Waals surface area (Å²) in [5.74, 6) is -1.31. The summed E-state index contributed by atoms with van der Waals surface area (Å²) < 4.78 is 69.0. The van der Waals surface area contributed by atoms with E-state index in [0.717, 1.165) is 95.8 Å². The first-order valence-corrected chi connectivity index (χ1v) is 48.1. The molecular weight excluding hydrogens is 1380 g/mol. The van der Waals surface area contributed by atoms with Crippen molar-refractivity contribution in [3.8, 4) is 0 Å². The third-order valence-electron chi connectivity index (χ3n) is 20.5. The molecule has 0 fully saturated rings. The van der Waals surface area contributed by atoms with Crippen molar-refractivity contribution in [1.82, 2.24) is 0 Å². The highest BCUT2D eigenvalue weighted by molar-refractivity contribution is 7.47. The number of ether oxygens (including phenoxy) is 4. The van der Waals surface area contributed by atoms with Crippen molar-refractivity contribution in [3.05, 3.63) is 0 Å². The maximum Gasteiger partial charge on any atom is 0.472 e. The number of aliphatic hydroxyl groups is 1. The van der Waals surface area contributed by atoms with Crippen molar-refractivity contribution in [1.29, 1.82) is 0 Å². The first kappa shape index (κ1) is 104. The van der Waals surface area contributed by atoms with Crippen LogP contribution in [0.3, 0.4) is 0 Å². The van der Waals surface area contributed by atoms with Crippen LogP contribution in [0.25, 0.3) is 0 Å². The molecule has 0 radical (unpaired) electrons. The van der Waals surface area contributed by atoms with Gasteiger partial charge in [-0.05, 0) is 31.6 Å². The minimum atomic E-state index is -4.97. The van der Waals surface area contributed by atoms with Gasteiger partial charge in [0, 0.05) is 25.7 Å². The highest BCUT2D eigenvalue weighted by Gasteiger charge is 2.30. The number of rotatable bonds is 87. The van der Waals surface area contributed by atoms with Gasteiger partial charge in [-0.1, -0.05) is 420 Å². The van der Waals surface area contributed by atoms with Gasteiger partial charge >= 0.3 is 39.5 Å². The molecule has 0 bridgehead atoms. The molecule has 106 heavy (non-hydrogen) atoms. The first-order valence-electron chi connectivity index (χ1n) is 45.1. The van der Waals surface area contributed by atoms with Gasteiger partial charge in [0.2, 0.25) is 0 Å². The Balaban J connectivity index is 5.24. The molecule has 0 aliphatic rings. The van der Waals surface area contributed by atoms with Gasteiger partial charge in [-0.2, -0.15) is 0 Å². The second-order valence-electron chi connectivity index (χ2n) is 31.8. The molecule has 0 aromatic rings. The van der Waals surface area contributed by atoms with Crippen LogP contribution in [-0.4, -0.2) is 96.7 Å². The highest BCUT2D eigenvalue weighted by Crippen LogP contribution is 2.45. The summed E-state index contributed by atoms with van der Waals surface area (Å²) in [4.78, 5) is 73.3. The summed E-state index contributed by atoms with van der Waals surface area (Å²) in [7, 11) is -9.93. The van der Waals surface area contributed by atoms with Gasteiger partial charge < -0.3 is 33.8 Å². The Morgan fingerprint density at radius 3 is 0.642 bits per heavy atom. The van der Waals surface area contributed by atoms with Gasteiger partial charge in [-0.3, -0.25) is 37.3 Å². The lowest BCUT2D eigenvalue weighted by Gasteiger charge is -2.21. The van der Waals surface area contributed by atoms with E-state index in [4.69, 9.17) is 37.0 Å². The Morgan fingerprint density at radius 1 is 0.255 bits per heavy atom. The van der Waals surface area contributed by atoms with Crippen LogP contribution in [0.15, 0.2) is 0 Å². The van der Waals surface area contributed by atoms with Crippen molar-refractivity contribution < 1.29 is 80.2 Å². The molecule has 0 aromatic heterocycles. The zero-order valence-electron chi connectivity index (χ0n) is 69.6. The molecule has 0 aliphatic carbocycles. The summed E-state index contributed by atoms with van der Waals surface area (Å²) in [5.41, 5.74) is 0. The Labute approximate surface area is 651 Å². The number of hydrogen-bond donors (Lipinski definition) is 3. The van der Waals surface area contributed by atoms with Gasteiger partial charge in [0.15, 0.2) is 12.2 Å². The van der Waals surface area contributed by atoms with Crippen LogP contribution in [0.2, 0.25) is 0 Å². The first-order chi connectivity index (χ1) is 51.5. The van der Waals surface area contributed by atoms with Gasteiger partial charge in [0.25, 0.3) is 0 Å². The predicted molar refractivity (Wildman–Crippen MR) is 437 cm³/mol. The number of phosphoric ester groups is 2. The van der Waals surface area contributed by atoms with Gasteiger partial charge in [0.05, 0.1) is 26.4 Å². The SMILES string of the molecule is CCCCCCCCCCCCCCCCCCCCCCCCC(=O)O[C@H](COC(=O)CCCCCCCCCCCCCCCC(C)C)COP(=O)(O)OC[C@@H](O)COP(=O)(O)OC[C@@H](COC(=O)CCCCCCCCCCCCCCC)OC(=O)CCCCCCCCCCCCCCCCC. The average molecular weight is 1550 g/mol. The molecule has 2 unspecified atom stereocenters. The Morgan fingerprint density at radius 2 is 0.434 bits per heavy atom. The molecule has 0 saturated carbocycles. The predicted octanol–water partition coefficient (Wildman–Crippen LogP) is 26.8. The summed E-state index contributed by atoms with van der Waals surface area (Å²) in [6.07, 6.45) is 73.5. The molecule has 0 aliphatic heterocycles. The van der Waals surface area contributed by atoms with Crippen molar-refractivity contribution in [2.24, 2.45) is 5.92 Å². The highest BCUT2D eigenvalue weighted by atomic mass is 31.2. The Bertz CT molecular complexity index is 2010. The van der Waals surface area contributed by atoms with E-state index in [1.54, 1.807) is 0 Å². The summed E-state index contributed by atoms with van der Waals surface area (Å²) in [6.45, 7) is 7.39. The number of aliphatic hydroxyl groups excluding tert-OH is 1. The third kappa shape index (κ3) is 80.1. The van der Waals surface area contributed by atoms with Gasteiger partial charge in [-0.15, -0.1) is 0 Å². The fourth-order valence-electron chi connectivity index (χ4n) is 13.6. The fraction of sp³-hybridized carbons (Fsp3) is 0.954. The Hall–Kier alpha value is -1.94. The smallest absolute Gasteiger partial charge is 0.462 e. The molecule has 17 nitrogen and oxygen atoms in total. The van der Waals surface area contributed by atoms with Crippen molar-refractivity contribution in [2.45, 2.75) is 490 Å². The lowest BCUT2D eigenvalue weighted by Crippen LogP contribution is -2.30. The zero-order valence-corrected chi connectivity index (χ0v) is 71.4. The van der Waals surface area contributed by atoms with E-state index in [1.807, 2.05) is 0 Å². The van der Waals surface area contributed by atoms with E-state index >= 15 is 0 Å². The van der Waals surface area contributed by atoms with E-state index in [9.17, 15) is 43.2 Å². The number of hydrogen-bond acceptors (Lipinski definition) is 15. The van der Waals surface area contributed by atoms with E-state index in [0.29, 0.717) is 25.7 Å². The van der Waals surface area contributed by atoms with Crippen molar-refractivity contribution >= 4 is 39.5 Å². The second kappa shape index (κ2) is 79.7. The zero-order chi connectivity index (χ0) is 77.6. The van der Waals surface area contributed by atoms with E-state index in [1.165, 1.54) is 295 Å². The van der Waals surface area contributed by atoms with E-state index < -0.39 is 97.5 Å². The van der Waals surface area contributed by atoms with Crippen LogP contribution in [0, 0.1) is 5.92 Å². The minimum Gasteiger partial charge on any atom is -0.462 e. The lowest BCUT2D eigenvalue weighted by molar-refractivity contribution is -0.161. The third-order valence-corrected chi connectivity index (χ3v) is 22.4. The number of esters is 4. The topological polar surface area (TPSA) is 237 Å². The van der Waals surface area contributed by atoms with Crippen LogP contribution in [0.4, 0.5) is 0 Å². The van der Waals surface area contributed by atoms with Crippen LogP contribution < -0.4 is 0 Å². The Kier molecular flexibility index (Phi) is 78.2. The second-order valence-corrected chi connectivity index (χ2v) is 34.7. The monoisotopic (exact) mass is 1550 g/mol. The minimum absolute atomic E-state index is 0.109. The molecule has 0 rings (SSSR count). The van der Waals surface area contributed by atoms with Crippen LogP contribution in [0.1, 0.15) is 471 Å². The lowest BCUT2D eigenvalue weighted by atomic mass is 10.0. The molecule has 630 valence electrons. The van der Waals surface area contributed by atoms with Crippen molar-refractivity contribution in [3.63, 3.8) is 0 Å². The van der Waals surface area contributed by atoms with E-state index in [-0.39, 0.29) is 25.7 Å². The standard InChI is InChI=1S/C87H170O17P2/c1-6-9-12-15-18-21-24-27-29-30-31-32-33-34-35-37-42-48-53-58-63-68-73-87(92)104-83(77-98-85(90)71-66-61-56-51-46-43-38-40-44-49-54-59-64-69-80(4)5)79-102-106(95,96)100-75-81(88)74-99-105(93,94)101-78-82(76-97-84(89)70-65-60-55-50-45-39-26-23-20-17-14-11-8-3)103-86(91)72-67-62-57-52-47-41-36-28-25-22-19-16-13-10-7-2/h80-83,88H,6-79H2,1-5H3,(H,93,94)(H,95,96)/t81-,82+,83+/m0/s1.